The predicted octanol–water partition coefficient (Wildman–Crippen LogP) is 1.23. The van der Waals surface area contributed by atoms with E-state index in [9.17, 15) is 9.90 Å². The number of aromatic hydroxyl groups is 1. The first kappa shape index (κ1) is 12.7. The Bertz CT molecular complexity index is 442. The molecule has 1 amide bonds. The number of nitrogens with two attached hydrogens (primary N) is 1. The number of rotatable bonds is 2. The van der Waals surface area contributed by atoms with Crippen LogP contribution >= 0.6 is 0 Å². The smallest absolute Gasteiger partial charge is 0.256 e. The molecule has 0 unspecified atom stereocenters. The standard InChI is InChI=1S/C13H18N2O3/c1-15(9-4-6-18-7-5-9)13(17)11-8-10(16)2-3-12(11)14/h2-3,8-9,16H,4-7,14H2,1H3. The maximum Gasteiger partial charge on any atom is 0.256 e. The van der Waals surface area contributed by atoms with Crippen LogP contribution in [0.15, 0.2) is 18.2 Å². The largest absolute Gasteiger partial charge is 0.508 e. The van der Waals surface area contributed by atoms with Gasteiger partial charge < -0.3 is 20.5 Å². The Morgan fingerprint density at radius 3 is 2.78 bits per heavy atom. The molecule has 0 atom stereocenters. The van der Waals surface area contributed by atoms with E-state index in [0.717, 1.165) is 12.8 Å². The quantitative estimate of drug-likeness (QED) is 0.611. The molecule has 5 heteroatoms. The molecule has 3 N–H and O–H groups in total. The maximum atomic E-state index is 12.3. The van der Waals surface area contributed by atoms with Gasteiger partial charge in [0.2, 0.25) is 0 Å². The van der Waals surface area contributed by atoms with Gasteiger partial charge in [-0.05, 0) is 31.0 Å². The van der Waals surface area contributed by atoms with Gasteiger partial charge in [0, 0.05) is 32.0 Å². The van der Waals surface area contributed by atoms with Crippen LogP contribution in [0, 0.1) is 0 Å². The fourth-order valence-corrected chi connectivity index (χ4v) is 2.16. The Morgan fingerprint density at radius 1 is 1.44 bits per heavy atom. The molecule has 0 bridgehead atoms. The minimum absolute atomic E-state index is 0.0490. The van der Waals surface area contributed by atoms with Gasteiger partial charge in [0.25, 0.3) is 5.91 Å². The molecule has 1 fully saturated rings. The van der Waals surface area contributed by atoms with Gasteiger partial charge in [0.15, 0.2) is 0 Å². The van der Waals surface area contributed by atoms with E-state index in [1.54, 1.807) is 18.0 Å². The summed E-state index contributed by atoms with van der Waals surface area (Å²) in [5, 5.41) is 9.43. The van der Waals surface area contributed by atoms with Gasteiger partial charge in [-0.1, -0.05) is 0 Å². The van der Waals surface area contributed by atoms with Crippen LogP contribution in [0.2, 0.25) is 0 Å². The van der Waals surface area contributed by atoms with E-state index in [-0.39, 0.29) is 17.7 Å². The molecular weight excluding hydrogens is 232 g/mol. The van der Waals surface area contributed by atoms with Crippen molar-refractivity contribution >= 4 is 11.6 Å². The average Bonchev–Trinajstić information content (AvgIpc) is 2.41. The number of anilines is 1. The zero-order valence-electron chi connectivity index (χ0n) is 10.4. The van der Waals surface area contributed by atoms with E-state index < -0.39 is 0 Å². The number of carbonyl (C=O) groups excluding carboxylic acids is 1. The number of benzene rings is 1. The molecule has 1 aromatic carbocycles. The van der Waals surface area contributed by atoms with E-state index >= 15 is 0 Å². The third kappa shape index (κ3) is 2.56. The summed E-state index contributed by atoms with van der Waals surface area (Å²) in [6, 6.07) is 4.60. The molecule has 18 heavy (non-hydrogen) atoms. The molecule has 98 valence electrons. The summed E-state index contributed by atoms with van der Waals surface area (Å²) in [4.78, 5) is 14.0. The predicted molar refractivity (Wildman–Crippen MR) is 68.5 cm³/mol. The van der Waals surface area contributed by atoms with E-state index in [1.165, 1.54) is 12.1 Å². The van der Waals surface area contributed by atoms with Crippen LogP contribution in [0.3, 0.4) is 0 Å². The highest BCUT2D eigenvalue weighted by Gasteiger charge is 2.24. The van der Waals surface area contributed by atoms with Crippen LogP contribution in [0.5, 0.6) is 5.75 Å². The molecule has 5 nitrogen and oxygen atoms in total. The van der Waals surface area contributed by atoms with Crippen molar-refractivity contribution in [2.75, 3.05) is 26.0 Å². The van der Waals surface area contributed by atoms with Gasteiger partial charge in [-0.25, -0.2) is 0 Å². The molecule has 0 radical (unpaired) electrons. The highest BCUT2D eigenvalue weighted by molar-refractivity contribution is 5.99. The van der Waals surface area contributed by atoms with Crippen LogP contribution in [0.1, 0.15) is 23.2 Å². The number of hydrogen-bond donors (Lipinski definition) is 2. The molecule has 1 aromatic rings. The van der Waals surface area contributed by atoms with Crippen LogP contribution in [-0.2, 0) is 4.74 Å². The average molecular weight is 250 g/mol. The number of hydrogen-bond acceptors (Lipinski definition) is 4. The lowest BCUT2D eigenvalue weighted by atomic mass is 10.1. The third-order valence-electron chi connectivity index (χ3n) is 3.33. The summed E-state index contributed by atoms with van der Waals surface area (Å²) >= 11 is 0. The molecular formula is C13H18N2O3. The first-order valence-electron chi connectivity index (χ1n) is 6.03. The van der Waals surface area contributed by atoms with Crippen LogP contribution in [-0.4, -0.2) is 42.2 Å². The molecule has 1 aliphatic heterocycles. The molecule has 1 aliphatic rings. The van der Waals surface area contributed by atoms with E-state index in [2.05, 4.69) is 0 Å². The van der Waals surface area contributed by atoms with Crippen molar-refractivity contribution in [2.24, 2.45) is 0 Å². The number of amides is 1. The molecule has 1 heterocycles. The van der Waals surface area contributed by atoms with Gasteiger partial charge in [-0.2, -0.15) is 0 Å². The molecule has 0 aromatic heterocycles. The summed E-state index contributed by atoms with van der Waals surface area (Å²) < 4.78 is 5.28. The fourth-order valence-electron chi connectivity index (χ4n) is 2.16. The van der Waals surface area contributed by atoms with Gasteiger partial charge >= 0.3 is 0 Å². The van der Waals surface area contributed by atoms with Gasteiger partial charge in [0.1, 0.15) is 5.75 Å². The highest BCUT2D eigenvalue weighted by Crippen LogP contribution is 2.22. The third-order valence-corrected chi connectivity index (χ3v) is 3.33. The second-order valence-corrected chi connectivity index (χ2v) is 4.53. The molecule has 0 aliphatic carbocycles. The summed E-state index contributed by atoms with van der Waals surface area (Å²) in [7, 11) is 1.77. The zero-order chi connectivity index (χ0) is 13.1. The van der Waals surface area contributed by atoms with Crippen molar-refractivity contribution in [3.8, 4) is 5.75 Å². The lowest BCUT2D eigenvalue weighted by molar-refractivity contribution is 0.0362. The van der Waals surface area contributed by atoms with Crippen molar-refractivity contribution in [3.63, 3.8) is 0 Å². The number of nitrogens with zero attached hydrogens (tertiary/aromatic N) is 1. The summed E-state index contributed by atoms with van der Waals surface area (Å²) in [5.74, 6) is -0.108. The minimum Gasteiger partial charge on any atom is -0.508 e. The second kappa shape index (κ2) is 5.27. The zero-order valence-corrected chi connectivity index (χ0v) is 10.4. The monoisotopic (exact) mass is 250 g/mol. The van der Waals surface area contributed by atoms with Crippen LogP contribution in [0.4, 0.5) is 5.69 Å². The fraction of sp³-hybridized carbons (Fsp3) is 0.462. The lowest BCUT2D eigenvalue weighted by Crippen LogP contribution is -2.40. The van der Waals surface area contributed by atoms with Crippen LogP contribution in [0.25, 0.3) is 0 Å². The molecule has 0 spiro atoms. The number of carbonyl (C=O) groups is 1. The van der Waals surface area contributed by atoms with Crippen molar-refractivity contribution in [1.29, 1.82) is 0 Å². The maximum absolute atomic E-state index is 12.3. The first-order valence-corrected chi connectivity index (χ1v) is 6.03. The Balaban J connectivity index is 2.16. The minimum atomic E-state index is -0.157. The number of ether oxygens (including phenoxy) is 1. The number of phenols is 1. The van der Waals surface area contributed by atoms with Gasteiger partial charge in [0.05, 0.1) is 5.56 Å². The van der Waals surface area contributed by atoms with Gasteiger partial charge in [-0.3, -0.25) is 4.79 Å². The Hall–Kier alpha value is -1.75. The number of nitrogen functional groups attached to an aromatic ring is 1. The first-order chi connectivity index (χ1) is 8.59. The lowest BCUT2D eigenvalue weighted by Gasteiger charge is -2.31. The van der Waals surface area contributed by atoms with Crippen molar-refractivity contribution in [1.82, 2.24) is 4.90 Å². The molecule has 2 rings (SSSR count). The summed E-state index contributed by atoms with van der Waals surface area (Å²) in [6.45, 7) is 1.36. The Morgan fingerprint density at radius 2 is 2.11 bits per heavy atom. The van der Waals surface area contributed by atoms with Crippen molar-refractivity contribution in [2.45, 2.75) is 18.9 Å². The Kier molecular flexibility index (Phi) is 3.72. The van der Waals surface area contributed by atoms with Gasteiger partial charge in [-0.15, -0.1) is 0 Å². The highest BCUT2D eigenvalue weighted by atomic mass is 16.5. The van der Waals surface area contributed by atoms with E-state index in [1.807, 2.05) is 0 Å². The van der Waals surface area contributed by atoms with E-state index in [4.69, 9.17) is 10.5 Å². The number of phenolic OH excluding ortho intramolecular Hbond substituents is 1. The van der Waals surface area contributed by atoms with E-state index in [0.29, 0.717) is 24.5 Å². The topological polar surface area (TPSA) is 75.8 Å². The van der Waals surface area contributed by atoms with Crippen molar-refractivity contribution in [3.05, 3.63) is 23.8 Å². The SMILES string of the molecule is CN(C(=O)c1cc(O)ccc1N)C1CCOCC1. The van der Waals surface area contributed by atoms with Crippen molar-refractivity contribution < 1.29 is 14.6 Å². The summed E-state index contributed by atoms with van der Waals surface area (Å²) in [5.41, 5.74) is 6.51. The Labute approximate surface area is 106 Å². The molecule has 1 saturated heterocycles. The normalized spacial score (nSPS) is 16.5. The van der Waals surface area contributed by atoms with Crippen LogP contribution < -0.4 is 5.73 Å². The summed E-state index contributed by atoms with van der Waals surface area (Å²) in [6.07, 6.45) is 1.67. The second-order valence-electron chi connectivity index (χ2n) is 4.53. The molecule has 0 saturated carbocycles.